The summed E-state index contributed by atoms with van der Waals surface area (Å²) in [7, 11) is 1.48. The van der Waals surface area contributed by atoms with Crippen molar-refractivity contribution >= 4 is 46.8 Å². The molecule has 5 atom stereocenters. The van der Waals surface area contributed by atoms with Gasteiger partial charge in [-0.3, -0.25) is 19.2 Å². The Bertz CT molecular complexity index is 898. The third-order valence-corrected chi connectivity index (χ3v) is 6.36. The lowest BCUT2D eigenvalue weighted by Gasteiger charge is -2.46. The largest absolute Gasteiger partial charge is 0.456 e. The summed E-state index contributed by atoms with van der Waals surface area (Å²) in [6.07, 6.45) is -3.28. The van der Waals surface area contributed by atoms with E-state index in [1.165, 1.54) is 27.9 Å². The molecule has 0 aromatic heterocycles. The molecule has 0 bridgehead atoms. The molecule has 1 aromatic rings. The topological polar surface area (TPSA) is 104 Å². The van der Waals surface area contributed by atoms with E-state index in [9.17, 15) is 14.4 Å². The Hall–Kier alpha value is -2.11. The van der Waals surface area contributed by atoms with Crippen molar-refractivity contribution < 1.29 is 38.2 Å². The molecule has 0 N–H and O–H groups in total. The minimum atomic E-state index is -1.09. The minimum absolute atomic E-state index is 0.420. The van der Waals surface area contributed by atoms with Gasteiger partial charge < -0.3 is 23.8 Å². The van der Waals surface area contributed by atoms with Gasteiger partial charge in [0.1, 0.15) is 0 Å². The van der Waals surface area contributed by atoms with E-state index in [0.29, 0.717) is 37.8 Å². The third-order valence-electron chi connectivity index (χ3n) is 6.02. The Morgan fingerprint density at radius 3 is 1.87 bits per heavy atom. The van der Waals surface area contributed by atoms with Crippen molar-refractivity contribution in [1.82, 2.24) is 5.06 Å². The van der Waals surface area contributed by atoms with Crippen molar-refractivity contribution in [3.63, 3.8) is 0 Å². The maximum atomic E-state index is 12.0. The summed E-state index contributed by atoms with van der Waals surface area (Å²) in [4.78, 5) is 43.3. The quantitative estimate of drug-likeness (QED) is 0.142. The van der Waals surface area contributed by atoms with Gasteiger partial charge in [0.05, 0.1) is 13.2 Å². The second-order valence-electron chi connectivity index (χ2n) is 8.91. The van der Waals surface area contributed by atoms with Crippen LogP contribution in [0.15, 0.2) is 24.3 Å². The first kappa shape index (κ1) is 32.1. The number of ether oxygens (including phenoxy) is 4. The molecule has 0 spiro atoms. The van der Waals surface area contributed by atoms with E-state index in [0.717, 1.165) is 17.7 Å². The van der Waals surface area contributed by atoms with Crippen LogP contribution in [0.5, 0.6) is 0 Å². The molecule has 1 unspecified atom stereocenters. The summed E-state index contributed by atoms with van der Waals surface area (Å²) in [5, 5.41) is 1.54. The zero-order valence-electron chi connectivity index (χ0n) is 22.6. The molecule has 1 aliphatic heterocycles. The molecule has 0 saturated carbocycles. The summed E-state index contributed by atoms with van der Waals surface area (Å²) >= 11 is 11.8. The average Bonchev–Trinajstić information content (AvgIpc) is 2.85. The first-order chi connectivity index (χ1) is 18.1. The summed E-state index contributed by atoms with van der Waals surface area (Å²) in [6.45, 7) is 7.25. The van der Waals surface area contributed by atoms with Crippen LogP contribution in [0.4, 0.5) is 5.69 Å². The monoisotopic (exact) mass is 576 g/mol. The van der Waals surface area contributed by atoms with Gasteiger partial charge in [-0.25, -0.2) is 0 Å². The van der Waals surface area contributed by atoms with Crippen LogP contribution < -0.4 is 4.90 Å². The van der Waals surface area contributed by atoms with Gasteiger partial charge in [0, 0.05) is 57.9 Å². The Balaban J connectivity index is 2.14. The van der Waals surface area contributed by atoms with E-state index in [-0.39, 0.29) is 0 Å². The van der Waals surface area contributed by atoms with E-state index in [2.05, 4.69) is 17.0 Å². The Kier molecular flexibility index (Phi) is 13.6. The van der Waals surface area contributed by atoms with Crippen molar-refractivity contribution in [3.8, 4) is 0 Å². The number of hydroxylamine groups is 2. The summed E-state index contributed by atoms with van der Waals surface area (Å²) in [6, 6.07) is 8.21. The highest BCUT2D eigenvalue weighted by Gasteiger charge is 2.52. The maximum Gasteiger partial charge on any atom is 0.303 e. The molecule has 1 aliphatic rings. The standard InChI is InChI=1S/C26H38Cl2N2O8/c1-17-23(36-18(2)31)24(37-19(3)32)25(38-20(4)33)26(35-17)30(34-5)14-6-7-21-8-10-22(11-9-21)29(15-12-27)16-13-28/h8-11,17,23-26H,6-7,12-16H2,1-5H3/t17-,23-,24+,25+,26?/m0/s1. The third kappa shape index (κ3) is 9.57. The van der Waals surface area contributed by atoms with Crippen LogP contribution >= 0.6 is 23.2 Å². The van der Waals surface area contributed by atoms with Crippen LogP contribution in [-0.2, 0) is 44.6 Å². The fraction of sp³-hybridized carbons (Fsp3) is 0.654. The molecule has 0 radical (unpaired) electrons. The molecule has 1 saturated heterocycles. The van der Waals surface area contributed by atoms with Crippen LogP contribution in [0, 0.1) is 0 Å². The molecule has 1 fully saturated rings. The SMILES string of the molecule is CON(CCCc1ccc(N(CCCl)CCCl)cc1)C1O[C@@H](C)[C@H](OC(C)=O)[C@@H](OC(C)=O)[C@H]1OC(C)=O. The number of aryl methyl sites for hydroxylation is 1. The van der Waals surface area contributed by atoms with Gasteiger partial charge in [0.25, 0.3) is 0 Å². The van der Waals surface area contributed by atoms with Gasteiger partial charge in [-0.15, -0.1) is 23.2 Å². The highest BCUT2D eigenvalue weighted by atomic mass is 35.5. The number of carbonyl (C=O) groups excluding carboxylic acids is 3. The van der Waals surface area contributed by atoms with E-state index in [1.54, 1.807) is 12.0 Å². The van der Waals surface area contributed by atoms with Crippen molar-refractivity contribution in [1.29, 1.82) is 0 Å². The summed E-state index contributed by atoms with van der Waals surface area (Å²) in [5.41, 5.74) is 2.19. The molecule has 1 aromatic carbocycles. The number of hydrogen-bond acceptors (Lipinski definition) is 10. The van der Waals surface area contributed by atoms with Gasteiger partial charge in [-0.05, 0) is 37.5 Å². The van der Waals surface area contributed by atoms with E-state index < -0.39 is 48.6 Å². The van der Waals surface area contributed by atoms with Crippen LogP contribution in [0.25, 0.3) is 0 Å². The lowest BCUT2D eigenvalue weighted by Crippen LogP contribution is -2.64. The highest BCUT2D eigenvalue weighted by molar-refractivity contribution is 6.18. The maximum absolute atomic E-state index is 12.0. The van der Waals surface area contributed by atoms with Gasteiger partial charge >= 0.3 is 17.9 Å². The molecule has 0 amide bonds. The number of alkyl halides is 2. The number of anilines is 1. The molecular formula is C26H38Cl2N2O8. The van der Waals surface area contributed by atoms with Crippen LogP contribution in [-0.4, -0.2) is 92.1 Å². The molecule has 38 heavy (non-hydrogen) atoms. The van der Waals surface area contributed by atoms with Gasteiger partial charge in [0.15, 0.2) is 24.5 Å². The van der Waals surface area contributed by atoms with Crippen molar-refractivity contribution in [2.24, 2.45) is 0 Å². The fourth-order valence-corrected chi connectivity index (χ4v) is 4.84. The predicted octanol–water partition coefficient (Wildman–Crippen LogP) is 3.31. The molecule has 10 nitrogen and oxygen atoms in total. The number of halogens is 2. The first-order valence-electron chi connectivity index (χ1n) is 12.5. The summed E-state index contributed by atoms with van der Waals surface area (Å²) < 4.78 is 22.5. The van der Waals surface area contributed by atoms with Crippen molar-refractivity contribution in [2.45, 2.75) is 71.2 Å². The minimum Gasteiger partial charge on any atom is -0.456 e. The molecule has 214 valence electrons. The van der Waals surface area contributed by atoms with Crippen LogP contribution in [0.2, 0.25) is 0 Å². The van der Waals surface area contributed by atoms with Crippen molar-refractivity contribution in [2.75, 3.05) is 43.4 Å². The number of rotatable bonds is 14. The van der Waals surface area contributed by atoms with E-state index >= 15 is 0 Å². The van der Waals surface area contributed by atoms with Crippen molar-refractivity contribution in [3.05, 3.63) is 29.8 Å². The number of hydrogen-bond donors (Lipinski definition) is 0. The zero-order chi connectivity index (χ0) is 28.2. The Morgan fingerprint density at radius 2 is 1.37 bits per heavy atom. The van der Waals surface area contributed by atoms with Crippen LogP contribution in [0.3, 0.4) is 0 Å². The van der Waals surface area contributed by atoms with E-state index in [4.69, 9.17) is 47.0 Å². The lowest BCUT2D eigenvalue weighted by atomic mass is 9.97. The van der Waals surface area contributed by atoms with E-state index in [1.807, 2.05) is 12.1 Å². The number of nitrogens with zero attached hydrogens (tertiary/aromatic N) is 2. The first-order valence-corrected chi connectivity index (χ1v) is 13.6. The lowest BCUT2D eigenvalue weighted by molar-refractivity contribution is -0.326. The second-order valence-corrected chi connectivity index (χ2v) is 9.67. The number of benzene rings is 1. The van der Waals surface area contributed by atoms with Crippen LogP contribution in [0.1, 0.15) is 39.7 Å². The zero-order valence-corrected chi connectivity index (χ0v) is 24.1. The molecule has 1 heterocycles. The second kappa shape index (κ2) is 16.1. The summed E-state index contributed by atoms with van der Waals surface area (Å²) in [5.74, 6) is -0.764. The molecule has 2 rings (SSSR count). The number of carbonyl (C=O) groups is 3. The molecular weight excluding hydrogens is 539 g/mol. The highest BCUT2D eigenvalue weighted by Crippen LogP contribution is 2.31. The smallest absolute Gasteiger partial charge is 0.303 e. The molecule has 12 heteroatoms. The normalized spacial score (nSPS) is 23.1. The fourth-order valence-electron chi connectivity index (χ4n) is 4.43. The van der Waals surface area contributed by atoms with Gasteiger partial charge in [0.2, 0.25) is 0 Å². The number of esters is 3. The predicted molar refractivity (Wildman–Crippen MR) is 143 cm³/mol. The molecule has 0 aliphatic carbocycles. The Labute approximate surface area is 234 Å². The average molecular weight is 578 g/mol. The Morgan fingerprint density at radius 1 is 0.842 bits per heavy atom. The van der Waals surface area contributed by atoms with Gasteiger partial charge in [-0.1, -0.05) is 12.1 Å². The van der Waals surface area contributed by atoms with Gasteiger partial charge in [-0.2, -0.15) is 5.06 Å².